The molecular weight excluding hydrogens is 505 g/mol. The van der Waals surface area contributed by atoms with Gasteiger partial charge in [-0.05, 0) is 36.1 Å². The minimum Gasteiger partial charge on any atom is -0.334 e. The largest absolute Gasteiger partial charge is 0.334 e. The van der Waals surface area contributed by atoms with Gasteiger partial charge < -0.3 is 4.57 Å². The van der Waals surface area contributed by atoms with Crippen LogP contribution >= 0.6 is 0 Å². The molecule has 0 fully saturated rings. The molecular formula is C30H39N4Y-. The molecule has 5 aromatic rings. The van der Waals surface area contributed by atoms with Crippen molar-refractivity contribution >= 4 is 21.8 Å². The number of hydrogen-bond acceptors (Lipinski definition) is 3. The van der Waals surface area contributed by atoms with E-state index in [0.29, 0.717) is 0 Å². The average molecular weight is 545 g/mol. The molecule has 0 unspecified atom stereocenters. The molecule has 5 rings (SSSR count). The Bertz CT molecular complexity index is 1120. The van der Waals surface area contributed by atoms with Gasteiger partial charge in [-0.3, -0.25) is 0 Å². The summed E-state index contributed by atoms with van der Waals surface area (Å²) in [6.07, 6.45) is 5.56. The number of hydrogen-bond donors (Lipinski definition) is 0. The number of para-hydroxylation sites is 1. The van der Waals surface area contributed by atoms with Gasteiger partial charge in [0, 0.05) is 43.9 Å². The molecule has 5 heteroatoms. The Hall–Kier alpha value is -2.43. The molecule has 1 radical (unpaired) electrons. The molecule has 0 spiro atoms. The van der Waals surface area contributed by atoms with Gasteiger partial charge in [0.1, 0.15) is 19.0 Å². The van der Waals surface area contributed by atoms with E-state index in [1.165, 1.54) is 64.0 Å². The van der Waals surface area contributed by atoms with Gasteiger partial charge >= 0.3 is 0 Å². The third-order valence-electron chi connectivity index (χ3n) is 4.41. The average Bonchev–Trinajstić information content (AvgIpc) is 3.21. The molecule has 2 aromatic heterocycles. The van der Waals surface area contributed by atoms with E-state index in [9.17, 15) is 0 Å². The predicted molar refractivity (Wildman–Crippen MR) is 148 cm³/mol. The summed E-state index contributed by atoms with van der Waals surface area (Å²) >= 11 is 0. The van der Waals surface area contributed by atoms with Crippen LogP contribution < -0.4 is 0 Å². The molecule has 2 heterocycles. The van der Waals surface area contributed by atoms with E-state index in [1.54, 1.807) is 0 Å². The number of aryl methyl sites for hydroxylation is 2. The smallest absolute Gasteiger partial charge is 0.119 e. The van der Waals surface area contributed by atoms with Gasteiger partial charge in [0.05, 0.1) is 0 Å². The quantitative estimate of drug-likeness (QED) is 0.199. The van der Waals surface area contributed by atoms with E-state index >= 15 is 0 Å². The van der Waals surface area contributed by atoms with Crippen LogP contribution in [0, 0.1) is 19.9 Å². The first-order chi connectivity index (χ1) is 16.7. The molecule has 0 bridgehead atoms. The minimum atomic E-state index is 0. The van der Waals surface area contributed by atoms with Crippen LogP contribution in [0.1, 0.15) is 59.1 Å². The van der Waals surface area contributed by atoms with Gasteiger partial charge in [-0.2, -0.15) is 17.7 Å². The molecule has 0 amide bonds. The Kier molecular flexibility index (Phi) is 17.5. The van der Waals surface area contributed by atoms with E-state index < -0.39 is 0 Å². The summed E-state index contributed by atoms with van der Waals surface area (Å²) in [6, 6.07) is 24.9. The first-order valence-electron chi connectivity index (χ1n) is 12.2. The van der Waals surface area contributed by atoms with E-state index in [1.807, 2.05) is 27.7 Å². The molecule has 0 aliphatic carbocycles. The summed E-state index contributed by atoms with van der Waals surface area (Å²) in [5.41, 5.74) is 6.16. The summed E-state index contributed by atoms with van der Waals surface area (Å²) in [5, 5.41) is 2.55. The van der Waals surface area contributed by atoms with Crippen molar-refractivity contribution in [1.82, 2.24) is 19.5 Å². The maximum Gasteiger partial charge on any atom is 0.119 e. The van der Waals surface area contributed by atoms with Crippen molar-refractivity contribution in [2.45, 2.75) is 61.8 Å². The standard InChI is InChI=1S/C20H16N.C3H3N3.C3H8.2C2H6.Y/c1-14-8-10-17-18-11-9-15(2)13-20(18)21(19(17)12-14)16-6-4-3-5-7-16;1-4-2-6-3-5-1;1-3-2;2*1-2;/h3-8,10-13H,1-2H3;1-3H;3H2,1-2H3;2*1-2H3;/q-1;;;;;. The molecule has 183 valence electrons. The van der Waals surface area contributed by atoms with Crippen molar-refractivity contribution in [2.75, 3.05) is 0 Å². The maximum absolute atomic E-state index is 3.56. The fraction of sp³-hybridized carbons (Fsp3) is 0.300. The predicted octanol–water partition coefficient (Wildman–Crippen LogP) is 8.54. The first-order valence-corrected chi connectivity index (χ1v) is 12.2. The first kappa shape index (κ1) is 32.6. The summed E-state index contributed by atoms with van der Waals surface area (Å²) in [6.45, 7) is 16.5. The summed E-state index contributed by atoms with van der Waals surface area (Å²) < 4.78 is 2.35. The minimum absolute atomic E-state index is 0. The van der Waals surface area contributed by atoms with Crippen LogP contribution in [0.4, 0.5) is 0 Å². The van der Waals surface area contributed by atoms with Crippen molar-refractivity contribution < 1.29 is 32.7 Å². The van der Waals surface area contributed by atoms with Gasteiger partial charge in [0.15, 0.2) is 0 Å². The van der Waals surface area contributed by atoms with Crippen molar-refractivity contribution in [1.29, 1.82) is 0 Å². The molecule has 0 saturated carbocycles. The van der Waals surface area contributed by atoms with E-state index in [0.717, 1.165) is 0 Å². The summed E-state index contributed by atoms with van der Waals surface area (Å²) in [4.78, 5) is 10.7. The molecule has 3 aromatic carbocycles. The Morgan fingerprint density at radius 3 is 1.74 bits per heavy atom. The number of rotatable bonds is 1. The van der Waals surface area contributed by atoms with Gasteiger partial charge in [-0.15, -0.1) is 11.5 Å². The molecule has 35 heavy (non-hydrogen) atoms. The maximum atomic E-state index is 3.56. The number of fused-ring (bicyclic) bond motifs is 3. The second-order valence-corrected chi connectivity index (χ2v) is 7.11. The zero-order valence-corrected chi connectivity index (χ0v) is 25.4. The SMILES string of the molecule is CC.CC.CCC.Cc1[c-]cc2c3ccc(C)cc3n(-c3ccccc3)c2c1.[Y].c1ncncn1. The van der Waals surface area contributed by atoms with Gasteiger partial charge in [-0.25, -0.2) is 15.0 Å². The van der Waals surface area contributed by atoms with Crippen LogP contribution in [0.25, 0.3) is 27.5 Å². The summed E-state index contributed by atoms with van der Waals surface area (Å²) in [7, 11) is 0. The zero-order chi connectivity index (χ0) is 25.3. The Morgan fingerprint density at radius 1 is 0.714 bits per heavy atom. The van der Waals surface area contributed by atoms with Crippen LogP contribution in [0.15, 0.2) is 79.6 Å². The van der Waals surface area contributed by atoms with Crippen molar-refractivity contribution in [3.63, 3.8) is 0 Å². The Morgan fingerprint density at radius 2 is 1.23 bits per heavy atom. The molecule has 0 aliphatic rings. The van der Waals surface area contributed by atoms with Crippen LogP contribution in [0.3, 0.4) is 0 Å². The molecule has 0 atom stereocenters. The number of aromatic nitrogens is 4. The number of nitrogens with zero attached hydrogens (tertiary/aromatic N) is 4. The fourth-order valence-electron chi connectivity index (χ4n) is 3.23. The van der Waals surface area contributed by atoms with Crippen LogP contribution in [0.2, 0.25) is 0 Å². The second-order valence-electron chi connectivity index (χ2n) is 7.11. The Labute approximate surface area is 237 Å². The zero-order valence-electron chi connectivity index (χ0n) is 22.6. The fourth-order valence-corrected chi connectivity index (χ4v) is 3.23. The van der Waals surface area contributed by atoms with Crippen molar-refractivity contribution in [3.8, 4) is 5.69 Å². The van der Waals surface area contributed by atoms with E-state index in [-0.39, 0.29) is 32.7 Å². The Balaban J connectivity index is 0.000000695. The van der Waals surface area contributed by atoms with Gasteiger partial charge in [-0.1, -0.05) is 90.7 Å². The molecule has 4 nitrogen and oxygen atoms in total. The monoisotopic (exact) mass is 544 g/mol. The van der Waals surface area contributed by atoms with Crippen LogP contribution in [-0.4, -0.2) is 19.5 Å². The van der Waals surface area contributed by atoms with Gasteiger partial charge in [0.2, 0.25) is 0 Å². The second kappa shape index (κ2) is 18.8. The van der Waals surface area contributed by atoms with Crippen molar-refractivity contribution in [2.24, 2.45) is 0 Å². The third kappa shape index (κ3) is 9.62. The van der Waals surface area contributed by atoms with E-state index in [4.69, 9.17) is 0 Å². The normalized spacial score (nSPS) is 9.03. The van der Waals surface area contributed by atoms with Crippen molar-refractivity contribution in [3.05, 3.63) is 96.8 Å². The molecule has 0 N–H and O–H groups in total. The topological polar surface area (TPSA) is 43.6 Å². The van der Waals surface area contributed by atoms with Crippen LogP contribution in [0.5, 0.6) is 0 Å². The number of benzene rings is 3. The summed E-state index contributed by atoms with van der Waals surface area (Å²) in [5.74, 6) is 0. The third-order valence-corrected chi connectivity index (χ3v) is 4.41. The molecule has 0 saturated heterocycles. The van der Waals surface area contributed by atoms with Gasteiger partial charge in [0.25, 0.3) is 0 Å². The molecule has 0 aliphatic heterocycles. The van der Waals surface area contributed by atoms with E-state index in [2.05, 4.69) is 114 Å². The van der Waals surface area contributed by atoms with Crippen LogP contribution in [-0.2, 0) is 32.7 Å².